The van der Waals surface area contributed by atoms with Crippen molar-refractivity contribution in [3.63, 3.8) is 0 Å². The molecule has 0 atom stereocenters. The molecular formula is C16H14ClF2N. The first-order valence-corrected chi connectivity index (χ1v) is 6.88. The number of halogens is 3. The van der Waals surface area contributed by atoms with E-state index in [0.29, 0.717) is 30.1 Å². The Morgan fingerprint density at radius 2 is 1.85 bits per heavy atom. The van der Waals surface area contributed by atoms with Crippen LogP contribution in [0.2, 0.25) is 5.02 Å². The molecule has 1 aliphatic heterocycles. The summed E-state index contributed by atoms with van der Waals surface area (Å²) >= 11 is 6.09. The van der Waals surface area contributed by atoms with Crippen molar-refractivity contribution in [3.8, 4) is 0 Å². The summed E-state index contributed by atoms with van der Waals surface area (Å²) in [7, 11) is 0. The molecule has 1 N–H and O–H groups in total. The maximum absolute atomic E-state index is 14.1. The summed E-state index contributed by atoms with van der Waals surface area (Å²) in [5.41, 5.74) is 1.24. The van der Waals surface area contributed by atoms with Crippen LogP contribution >= 0.6 is 11.6 Å². The second-order valence-corrected chi connectivity index (χ2v) is 5.68. The Bertz CT molecular complexity index is 638. The number of benzene rings is 2. The largest absolute Gasteiger partial charge is 0.315 e. The average molecular weight is 294 g/mol. The predicted octanol–water partition coefficient (Wildman–Crippen LogP) is 3.70. The van der Waals surface area contributed by atoms with Crippen LogP contribution in [0.1, 0.15) is 11.1 Å². The van der Waals surface area contributed by atoms with E-state index in [-0.39, 0.29) is 17.0 Å². The van der Waals surface area contributed by atoms with E-state index in [0.717, 1.165) is 5.56 Å². The highest BCUT2D eigenvalue weighted by atomic mass is 35.5. The molecular weight excluding hydrogens is 280 g/mol. The van der Waals surface area contributed by atoms with Crippen LogP contribution in [-0.2, 0) is 11.8 Å². The van der Waals surface area contributed by atoms with Gasteiger partial charge in [-0.3, -0.25) is 0 Å². The Balaban J connectivity index is 1.96. The lowest BCUT2D eigenvalue weighted by Crippen LogP contribution is -2.58. The molecule has 104 valence electrons. The third kappa shape index (κ3) is 2.32. The highest BCUT2D eigenvalue weighted by molar-refractivity contribution is 6.31. The minimum Gasteiger partial charge on any atom is -0.315 e. The van der Waals surface area contributed by atoms with Gasteiger partial charge >= 0.3 is 0 Å². The van der Waals surface area contributed by atoms with E-state index in [1.165, 1.54) is 18.2 Å². The average Bonchev–Trinajstić information content (AvgIpc) is 2.37. The molecule has 2 aromatic carbocycles. The van der Waals surface area contributed by atoms with E-state index in [9.17, 15) is 8.78 Å². The quantitative estimate of drug-likeness (QED) is 0.910. The highest BCUT2D eigenvalue weighted by Gasteiger charge is 2.40. The van der Waals surface area contributed by atoms with Crippen LogP contribution in [0, 0.1) is 11.6 Å². The van der Waals surface area contributed by atoms with Crippen LogP contribution in [0.5, 0.6) is 0 Å². The Morgan fingerprint density at radius 3 is 2.45 bits per heavy atom. The lowest BCUT2D eigenvalue weighted by molar-refractivity contribution is 0.266. The Hall–Kier alpha value is -1.45. The van der Waals surface area contributed by atoms with Gasteiger partial charge in [-0.25, -0.2) is 8.78 Å². The van der Waals surface area contributed by atoms with Gasteiger partial charge in [0.2, 0.25) is 0 Å². The molecule has 2 aromatic rings. The summed E-state index contributed by atoms with van der Waals surface area (Å²) < 4.78 is 27.2. The third-order valence-corrected chi connectivity index (χ3v) is 4.27. The Morgan fingerprint density at radius 1 is 1.10 bits per heavy atom. The number of hydrogen-bond acceptors (Lipinski definition) is 1. The van der Waals surface area contributed by atoms with Crippen LogP contribution in [-0.4, -0.2) is 13.1 Å². The second-order valence-electron chi connectivity index (χ2n) is 5.28. The number of nitrogens with one attached hydrogen (secondary N) is 1. The maximum atomic E-state index is 14.1. The molecule has 0 amide bonds. The molecule has 0 bridgehead atoms. The Kier molecular flexibility index (Phi) is 3.48. The van der Waals surface area contributed by atoms with E-state index in [4.69, 9.17) is 11.6 Å². The molecule has 1 fully saturated rings. The molecule has 1 saturated heterocycles. The van der Waals surface area contributed by atoms with Gasteiger partial charge in [-0.15, -0.1) is 0 Å². The SMILES string of the molecule is Fc1ccc(CC2(c3ccccc3F)CNC2)c(Cl)c1. The molecule has 0 unspecified atom stereocenters. The fraction of sp³-hybridized carbons (Fsp3) is 0.250. The highest BCUT2D eigenvalue weighted by Crippen LogP contribution is 2.35. The number of rotatable bonds is 3. The summed E-state index contributed by atoms with van der Waals surface area (Å²) in [6, 6.07) is 11.2. The fourth-order valence-electron chi connectivity index (χ4n) is 2.76. The van der Waals surface area contributed by atoms with Crippen molar-refractivity contribution in [3.05, 3.63) is 70.2 Å². The first-order valence-electron chi connectivity index (χ1n) is 6.50. The zero-order chi connectivity index (χ0) is 14.2. The number of hydrogen-bond donors (Lipinski definition) is 1. The van der Waals surface area contributed by atoms with E-state index >= 15 is 0 Å². The van der Waals surface area contributed by atoms with Crippen LogP contribution < -0.4 is 5.32 Å². The summed E-state index contributed by atoms with van der Waals surface area (Å²) in [5.74, 6) is -0.558. The van der Waals surface area contributed by atoms with Crippen LogP contribution in [0.4, 0.5) is 8.78 Å². The van der Waals surface area contributed by atoms with E-state index < -0.39 is 0 Å². The van der Waals surface area contributed by atoms with Crippen molar-refractivity contribution in [2.24, 2.45) is 0 Å². The first kappa shape index (κ1) is 13.5. The van der Waals surface area contributed by atoms with Gasteiger partial charge in [0, 0.05) is 23.5 Å². The van der Waals surface area contributed by atoms with Gasteiger partial charge in [-0.2, -0.15) is 0 Å². The first-order chi connectivity index (χ1) is 9.61. The molecule has 1 heterocycles. The van der Waals surface area contributed by atoms with Crippen molar-refractivity contribution in [2.45, 2.75) is 11.8 Å². The second kappa shape index (κ2) is 5.15. The van der Waals surface area contributed by atoms with Gasteiger partial charge in [0.05, 0.1) is 0 Å². The molecule has 0 aromatic heterocycles. The van der Waals surface area contributed by atoms with Crippen molar-refractivity contribution >= 4 is 11.6 Å². The van der Waals surface area contributed by atoms with Gasteiger partial charge in [0.15, 0.2) is 0 Å². The van der Waals surface area contributed by atoms with Crippen molar-refractivity contribution in [1.82, 2.24) is 5.32 Å². The van der Waals surface area contributed by atoms with E-state index in [1.807, 2.05) is 12.1 Å². The van der Waals surface area contributed by atoms with Crippen LogP contribution in [0.3, 0.4) is 0 Å². The molecule has 4 heteroatoms. The minimum absolute atomic E-state index is 0.202. The van der Waals surface area contributed by atoms with Gasteiger partial charge in [-0.1, -0.05) is 35.9 Å². The standard InChI is InChI=1S/C16H14ClF2N/c17-14-7-12(18)6-5-11(14)8-16(9-20-10-16)13-3-1-2-4-15(13)19/h1-7,20H,8-10H2. The molecule has 3 rings (SSSR count). The summed E-state index contributed by atoms with van der Waals surface area (Å²) in [6.45, 7) is 1.39. The zero-order valence-corrected chi connectivity index (χ0v) is 11.6. The van der Waals surface area contributed by atoms with Crippen molar-refractivity contribution in [1.29, 1.82) is 0 Å². The predicted molar refractivity (Wildman–Crippen MR) is 76.1 cm³/mol. The van der Waals surface area contributed by atoms with Gasteiger partial charge in [0.1, 0.15) is 11.6 Å². The molecule has 1 nitrogen and oxygen atoms in total. The van der Waals surface area contributed by atoms with Crippen LogP contribution in [0.25, 0.3) is 0 Å². The van der Waals surface area contributed by atoms with E-state index in [2.05, 4.69) is 5.32 Å². The summed E-state index contributed by atoms with van der Waals surface area (Å²) in [6.07, 6.45) is 0.597. The fourth-order valence-corrected chi connectivity index (χ4v) is 2.99. The monoisotopic (exact) mass is 293 g/mol. The smallest absolute Gasteiger partial charge is 0.127 e. The van der Waals surface area contributed by atoms with Gasteiger partial charge in [0.25, 0.3) is 0 Å². The molecule has 20 heavy (non-hydrogen) atoms. The molecule has 0 radical (unpaired) electrons. The molecule has 0 spiro atoms. The normalized spacial score (nSPS) is 16.8. The van der Waals surface area contributed by atoms with Crippen molar-refractivity contribution in [2.75, 3.05) is 13.1 Å². The zero-order valence-electron chi connectivity index (χ0n) is 10.8. The van der Waals surface area contributed by atoms with Crippen LogP contribution in [0.15, 0.2) is 42.5 Å². The van der Waals surface area contributed by atoms with Gasteiger partial charge in [-0.05, 0) is 35.7 Å². The minimum atomic E-state index is -0.356. The summed E-state index contributed by atoms with van der Waals surface area (Å²) in [5, 5.41) is 3.59. The Labute approximate surface area is 121 Å². The molecule has 0 aliphatic carbocycles. The van der Waals surface area contributed by atoms with Crippen molar-refractivity contribution < 1.29 is 8.78 Å². The molecule has 0 saturated carbocycles. The lowest BCUT2D eigenvalue weighted by Gasteiger charge is -2.43. The van der Waals surface area contributed by atoms with E-state index in [1.54, 1.807) is 12.1 Å². The topological polar surface area (TPSA) is 12.0 Å². The maximum Gasteiger partial charge on any atom is 0.127 e. The summed E-state index contributed by atoms with van der Waals surface area (Å²) in [4.78, 5) is 0. The lowest BCUT2D eigenvalue weighted by atomic mass is 9.71. The van der Waals surface area contributed by atoms with Gasteiger partial charge < -0.3 is 5.32 Å². The molecule has 1 aliphatic rings. The third-order valence-electron chi connectivity index (χ3n) is 3.92.